The Labute approximate surface area is 164 Å². The van der Waals surface area contributed by atoms with E-state index in [1.165, 1.54) is 7.11 Å². The number of amidine groups is 1. The Kier molecular flexibility index (Phi) is 11.4. The van der Waals surface area contributed by atoms with Crippen LogP contribution in [0, 0.1) is 5.92 Å². The van der Waals surface area contributed by atoms with E-state index in [1.807, 2.05) is 19.0 Å². The number of ether oxygens (including phenoxy) is 4. The van der Waals surface area contributed by atoms with Crippen molar-refractivity contribution in [2.24, 2.45) is 10.9 Å². The summed E-state index contributed by atoms with van der Waals surface area (Å²) in [6, 6.07) is 0.430. The number of unbranched alkanes of at least 4 members (excludes halogenated alkanes) is 2. The van der Waals surface area contributed by atoms with Crippen LogP contribution in [0.4, 0.5) is 0 Å². The summed E-state index contributed by atoms with van der Waals surface area (Å²) in [7, 11) is 6.83. The molecule has 0 saturated heterocycles. The SMILES string of the molecule is CCCCOC1[C@@H](C(=O)OC)CC[C@H](/N=C(\OC)N(C)C)[C@H]1OCCCC. The van der Waals surface area contributed by atoms with Crippen molar-refractivity contribution < 1.29 is 23.7 Å². The zero-order valence-corrected chi connectivity index (χ0v) is 17.9. The van der Waals surface area contributed by atoms with Crippen molar-refractivity contribution in [3.8, 4) is 0 Å². The Morgan fingerprint density at radius 2 is 1.56 bits per heavy atom. The average Bonchev–Trinajstić information content (AvgIpc) is 2.66. The summed E-state index contributed by atoms with van der Waals surface area (Å²) in [6.07, 6.45) is 4.72. The first-order chi connectivity index (χ1) is 13.0. The zero-order chi connectivity index (χ0) is 20.2. The number of methoxy groups -OCH3 is 2. The van der Waals surface area contributed by atoms with Gasteiger partial charge in [-0.25, -0.2) is 4.99 Å². The van der Waals surface area contributed by atoms with Crippen molar-refractivity contribution >= 4 is 12.0 Å². The topological polar surface area (TPSA) is 69.6 Å². The van der Waals surface area contributed by atoms with Crippen molar-refractivity contribution in [1.82, 2.24) is 4.90 Å². The van der Waals surface area contributed by atoms with Crippen molar-refractivity contribution in [2.45, 2.75) is 70.6 Å². The molecule has 1 aliphatic rings. The number of hydrogen-bond donors (Lipinski definition) is 0. The smallest absolute Gasteiger partial charge is 0.311 e. The number of aliphatic imine (C=N–C) groups is 1. The monoisotopic (exact) mass is 386 g/mol. The predicted octanol–water partition coefficient (Wildman–Crippen LogP) is 2.87. The van der Waals surface area contributed by atoms with Crippen LogP contribution in [-0.2, 0) is 23.7 Å². The summed E-state index contributed by atoms with van der Waals surface area (Å²) >= 11 is 0. The van der Waals surface area contributed by atoms with Crippen LogP contribution in [0.25, 0.3) is 0 Å². The molecule has 1 saturated carbocycles. The zero-order valence-electron chi connectivity index (χ0n) is 17.9. The Balaban J connectivity index is 3.09. The number of rotatable bonds is 10. The summed E-state index contributed by atoms with van der Waals surface area (Å²) in [6.45, 7) is 5.47. The Morgan fingerprint density at radius 1 is 0.963 bits per heavy atom. The van der Waals surface area contributed by atoms with Gasteiger partial charge in [-0.15, -0.1) is 0 Å². The molecule has 0 amide bonds. The van der Waals surface area contributed by atoms with Gasteiger partial charge in [0.25, 0.3) is 6.02 Å². The number of esters is 1. The van der Waals surface area contributed by atoms with Crippen LogP contribution in [0.1, 0.15) is 52.4 Å². The summed E-state index contributed by atoms with van der Waals surface area (Å²) in [5, 5.41) is 0. The third-order valence-corrected chi connectivity index (χ3v) is 4.83. The van der Waals surface area contributed by atoms with Gasteiger partial charge in [0.1, 0.15) is 6.10 Å². The van der Waals surface area contributed by atoms with Gasteiger partial charge in [-0.05, 0) is 25.7 Å². The third-order valence-electron chi connectivity index (χ3n) is 4.83. The van der Waals surface area contributed by atoms with Crippen LogP contribution in [0.2, 0.25) is 0 Å². The second-order valence-electron chi connectivity index (χ2n) is 7.16. The average molecular weight is 387 g/mol. The molecule has 0 aromatic rings. The molecule has 0 aromatic carbocycles. The standard InChI is InChI=1S/C20H38N2O5/c1-7-9-13-26-17-15(19(23)24-5)11-12-16(18(17)27-14-10-8-2)21-20(25-6)22(3)4/h15-18H,7-14H2,1-6H3/b21-20-/t15-,16-,17?,18+/m0/s1. The molecule has 0 aromatic heterocycles. The van der Waals surface area contributed by atoms with Gasteiger partial charge in [-0.3, -0.25) is 4.79 Å². The molecule has 158 valence electrons. The van der Waals surface area contributed by atoms with E-state index in [0.717, 1.165) is 32.1 Å². The number of carbonyl (C=O) groups excluding carboxylic acids is 1. The molecule has 4 atom stereocenters. The van der Waals surface area contributed by atoms with Crippen molar-refractivity contribution in [3.63, 3.8) is 0 Å². The fraction of sp³-hybridized carbons (Fsp3) is 0.900. The first-order valence-electron chi connectivity index (χ1n) is 10.1. The van der Waals surface area contributed by atoms with E-state index in [9.17, 15) is 4.79 Å². The largest absolute Gasteiger partial charge is 0.469 e. The Hall–Kier alpha value is -1.34. The molecule has 0 bridgehead atoms. The second-order valence-corrected chi connectivity index (χ2v) is 7.16. The predicted molar refractivity (Wildman–Crippen MR) is 106 cm³/mol. The van der Waals surface area contributed by atoms with Crippen LogP contribution in [0.5, 0.6) is 0 Å². The first kappa shape index (κ1) is 23.7. The van der Waals surface area contributed by atoms with Crippen molar-refractivity contribution in [1.29, 1.82) is 0 Å². The maximum atomic E-state index is 12.4. The highest BCUT2D eigenvalue weighted by Crippen LogP contribution is 2.33. The van der Waals surface area contributed by atoms with Gasteiger partial charge in [-0.2, -0.15) is 0 Å². The lowest BCUT2D eigenvalue weighted by Crippen LogP contribution is -2.52. The van der Waals surface area contributed by atoms with Crippen LogP contribution >= 0.6 is 0 Å². The molecular weight excluding hydrogens is 348 g/mol. The molecule has 1 unspecified atom stereocenters. The summed E-state index contributed by atoms with van der Waals surface area (Å²) in [5.41, 5.74) is 0. The highest BCUT2D eigenvalue weighted by Gasteiger charge is 2.45. The quantitative estimate of drug-likeness (QED) is 0.249. The van der Waals surface area contributed by atoms with Gasteiger partial charge in [-0.1, -0.05) is 26.7 Å². The van der Waals surface area contributed by atoms with Gasteiger partial charge >= 0.3 is 5.97 Å². The maximum absolute atomic E-state index is 12.4. The number of hydrogen-bond acceptors (Lipinski definition) is 6. The van der Waals surface area contributed by atoms with E-state index in [2.05, 4.69) is 13.8 Å². The van der Waals surface area contributed by atoms with Gasteiger partial charge < -0.3 is 23.8 Å². The summed E-state index contributed by atoms with van der Waals surface area (Å²) in [4.78, 5) is 19.0. The highest BCUT2D eigenvalue weighted by atomic mass is 16.6. The maximum Gasteiger partial charge on any atom is 0.311 e. The Morgan fingerprint density at radius 3 is 2.04 bits per heavy atom. The van der Waals surface area contributed by atoms with Crippen molar-refractivity contribution in [3.05, 3.63) is 0 Å². The van der Waals surface area contributed by atoms with E-state index in [1.54, 1.807) is 7.11 Å². The molecule has 1 rings (SSSR count). The molecule has 7 nitrogen and oxygen atoms in total. The lowest BCUT2D eigenvalue weighted by molar-refractivity contribution is -0.167. The minimum atomic E-state index is -0.358. The summed E-state index contributed by atoms with van der Waals surface area (Å²) in [5.74, 6) is -0.558. The van der Waals surface area contributed by atoms with E-state index >= 15 is 0 Å². The number of carbonyl (C=O) groups is 1. The van der Waals surface area contributed by atoms with Crippen LogP contribution in [0.3, 0.4) is 0 Å². The van der Waals surface area contributed by atoms with Gasteiger partial charge in [0.15, 0.2) is 0 Å². The van der Waals surface area contributed by atoms with Crippen molar-refractivity contribution in [2.75, 3.05) is 41.5 Å². The van der Waals surface area contributed by atoms with E-state index in [0.29, 0.717) is 25.7 Å². The van der Waals surface area contributed by atoms with E-state index in [4.69, 9.17) is 23.9 Å². The fourth-order valence-corrected chi connectivity index (χ4v) is 3.31. The Bertz CT molecular complexity index is 456. The normalized spacial score (nSPS) is 25.9. The van der Waals surface area contributed by atoms with E-state index in [-0.39, 0.29) is 30.1 Å². The lowest BCUT2D eigenvalue weighted by Gasteiger charge is -2.40. The first-order valence-corrected chi connectivity index (χ1v) is 10.1. The highest BCUT2D eigenvalue weighted by molar-refractivity contribution is 5.74. The molecule has 0 N–H and O–H groups in total. The molecule has 0 aliphatic heterocycles. The molecule has 0 spiro atoms. The molecule has 27 heavy (non-hydrogen) atoms. The molecule has 0 heterocycles. The minimum absolute atomic E-state index is 0.119. The third kappa shape index (κ3) is 7.30. The van der Waals surface area contributed by atoms with Gasteiger partial charge in [0, 0.05) is 27.3 Å². The molecule has 1 fully saturated rings. The molecule has 0 radical (unpaired) electrons. The molecule has 7 heteroatoms. The molecule has 1 aliphatic carbocycles. The van der Waals surface area contributed by atoms with Gasteiger partial charge in [0.05, 0.1) is 32.3 Å². The van der Waals surface area contributed by atoms with Crippen LogP contribution in [-0.4, -0.2) is 76.7 Å². The van der Waals surface area contributed by atoms with Gasteiger partial charge in [0.2, 0.25) is 0 Å². The van der Waals surface area contributed by atoms with E-state index < -0.39 is 0 Å². The van der Waals surface area contributed by atoms with Crippen LogP contribution < -0.4 is 0 Å². The summed E-state index contributed by atoms with van der Waals surface area (Å²) < 4.78 is 22.8. The second kappa shape index (κ2) is 12.9. The van der Waals surface area contributed by atoms with Crippen LogP contribution in [0.15, 0.2) is 4.99 Å². The fourth-order valence-electron chi connectivity index (χ4n) is 3.31. The molecular formula is C20H38N2O5. The minimum Gasteiger partial charge on any atom is -0.469 e. The number of nitrogens with zero attached hydrogens (tertiary/aromatic N) is 2. The lowest BCUT2D eigenvalue weighted by atomic mass is 9.81.